The first-order chi connectivity index (χ1) is 26.9. The molecule has 0 aromatic heterocycles. The summed E-state index contributed by atoms with van der Waals surface area (Å²) in [6.45, 7) is 24.2. The van der Waals surface area contributed by atoms with Crippen molar-refractivity contribution in [3.63, 3.8) is 0 Å². The van der Waals surface area contributed by atoms with Crippen LogP contribution in [0, 0.1) is 51.2 Å². The number of halogens is 1. The zero-order valence-corrected chi connectivity index (χ0v) is 36.8. The van der Waals surface area contributed by atoms with Gasteiger partial charge in [-0.1, -0.05) is 76.6 Å². The lowest BCUT2D eigenvalue weighted by Crippen LogP contribution is -2.68. The number of benzene rings is 2. The topological polar surface area (TPSA) is 90.0 Å². The van der Waals surface area contributed by atoms with E-state index < -0.39 is 16.0 Å². The van der Waals surface area contributed by atoms with Gasteiger partial charge in [0.05, 0.1) is 10.5 Å². The Morgan fingerprint density at radius 2 is 1.54 bits per heavy atom. The van der Waals surface area contributed by atoms with Crippen molar-refractivity contribution in [1.29, 1.82) is 0 Å². The van der Waals surface area contributed by atoms with Crippen LogP contribution in [0.1, 0.15) is 115 Å². The number of sulfonamides is 1. The fourth-order valence-corrected chi connectivity index (χ4v) is 16.3. The quantitative estimate of drug-likeness (QED) is 0.245. The highest BCUT2D eigenvalue weighted by Gasteiger charge is 2.70. The first kappa shape index (κ1) is 41.3. The summed E-state index contributed by atoms with van der Waals surface area (Å²) in [5, 5.41) is 14.3. The number of carboxylic acid groups (broad SMARTS) is 1. The van der Waals surface area contributed by atoms with Gasteiger partial charge in [0.15, 0.2) is 0 Å². The number of allylic oxidation sites excluding steroid dienone is 3. The SMILES string of the molecule is C=C(C)C1CCC2(NCCN3CCN(S(=O)(=O)c4ccc(Cl)cc4)CC3)CCC3(C)C(CCC4C5(C)CC=C(c6ccc(C(=O)O)cc6)C(C)(C)C5CCC43C)C12. The first-order valence-electron chi connectivity index (χ1n) is 21.8. The molecule has 1 saturated heterocycles. The molecule has 57 heavy (non-hydrogen) atoms. The van der Waals surface area contributed by atoms with Crippen molar-refractivity contribution < 1.29 is 18.3 Å². The normalized spacial score (nSPS) is 37.9. The van der Waals surface area contributed by atoms with Crippen molar-refractivity contribution in [2.45, 2.75) is 110 Å². The van der Waals surface area contributed by atoms with Crippen LogP contribution in [0.4, 0.5) is 0 Å². The summed E-state index contributed by atoms with van der Waals surface area (Å²) >= 11 is 6.03. The zero-order chi connectivity index (χ0) is 40.8. The van der Waals surface area contributed by atoms with Crippen molar-refractivity contribution >= 4 is 33.2 Å². The lowest BCUT2D eigenvalue weighted by molar-refractivity contribution is -0.219. The van der Waals surface area contributed by atoms with E-state index >= 15 is 0 Å². The van der Waals surface area contributed by atoms with Crippen LogP contribution in [-0.4, -0.2) is 73.5 Å². The molecule has 310 valence electrons. The molecule has 0 radical (unpaired) electrons. The predicted molar refractivity (Wildman–Crippen MR) is 231 cm³/mol. The maximum absolute atomic E-state index is 13.3. The van der Waals surface area contributed by atoms with Crippen LogP contribution in [0.3, 0.4) is 0 Å². The van der Waals surface area contributed by atoms with Crippen LogP contribution in [0.2, 0.25) is 5.02 Å². The number of piperazine rings is 1. The molecular weight excluding hydrogens is 750 g/mol. The van der Waals surface area contributed by atoms with Crippen LogP contribution < -0.4 is 5.32 Å². The van der Waals surface area contributed by atoms with Gasteiger partial charge in [-0.25, -0.2) is 13.2 Å². The van der Waals surface area contributed by atoms with Crippen LogP contribution in [0.15, 0.2) is 71.7 Å². The molecule has 0 amide bonds. The number of carboxylic acids is 1. The number of nitrogens with one attached hydrogen (secondary N) is 1. The van der Waals surface area contributed by atoms with Gasteiger partial charge in [0, 0.05) is 49.8 Å². The van der Waals surface area contributed by atoms with Crippen LogP contribution in [0.25, 0.3) is 5.57 Å². The van der Waals surface area contributed by atoms with Crippen LogP contribution >= 0.6 is 11.6 Å². The highest BCUT2D eigenvalue weighted by Crippen LogP contribution is 2.76. The van der Waals surface area contributed by atoms with E-state index in [0.29, 0.717) is 58.2 Å². The molecule has 9 unspecified atom stereocenters. The largest absolute Gasteiger partial charge is 0.478 e. The van der Waals surface area contributed by atoms with E-state index in [4.69, 9.17) is 11.6 Å². The molecule has 7 nitrogen and oxygen atoms in total. The average Bonchev–Trinajstić information content (AvgIpc) is 3.55. The Morgan fingerprint density at radius 3 is 2.19 bits per heavy atom. The van der Waals surface area contributed by atoms with E-state index in [2.05, 4.69) is 64.4 Å². The van der Waals surface area contributed by atoms with E-state index in [1.807, 2.05) is 12.1 Å². The number of hydrogen-bond donors (Lipinski definition) is 2. The highest BCUT2D eigenvalue weighted by molar-refractivity contribution is 7.89. The summed E-state index contributed by atoms with van der Waals surface area (Å²) in [7, 11) is -3.53. The van der Waals surface area contributed by atoms with Gasteiger partial charge in [-0.05, 0) is 163 Å². The zero-order valence-electron chi connectivity index (χ0n) is 35.2. The van der Waals surface area contributed by atoms with Gasteiger partial charge in [0.2, 0.25) is 10.0 Å². The van der Waals surface area contributed by atoms with Gasteiger partial charge in [-0.15, -0.1) is 0 Å². The number of nitrogens with zero attached hydrogens (tertiary/aromatic N) is 2. The minimum Gasteiger partial charge on any atom is -0.478 e. The fourth-order valence-electron chi connectivity index (χ4n) is 14.8. The monoisotopic (exact) mass is 815 g/mol. The van der Waals surface area contributed by atoms with E-state index in [9.17, 15) is 18.3 Å². The van der Waals surface area contributed by atoms with Crippen molar-refractivity contribution in [3.05, 3.63) is 82.9 Å². The third-order valence-electron chi connectivity index (χ3n) is 17.8. The average molecular weight is 817 g/mol. The molecule has 2 N–H and O–H groups in total. The van der Waals surface area contributed by atoms with Crippen LogP contribution in [0.5, 0.6) is 0 Å². The lowest BCUT2D eigenvalue weighted by atomic mass is 9.33. The standard InChI is InChI=1S/C48H66ClN3O4S/c1-32(2)37-18-23-48(50-26-27-51-28-30-52(31-29-51)57(55,56)36-14-12-35(49)13-15-36)25-24-46(6)39(42(37)48)16-17-41-45(5)21-19-38(33-8-10-34(11-9-33)43(53)54)44(3,4)40(45)20-22-47(41,46)7/h8-15,19,37,39-42,50H,1,16-18,20-31H2,2-7H3,(H,53,54). The molecule has 0 bridgehead atoms. The summed E-state index contributed by atoms with van der Waals surface area (Å²) in [5.74, 6) is 2.14. The number of rotatable bonds is 9. The summed E-state index contributed by atoms with van der Waals surface area (Å²) in [5.41, 5.74) is 5.10. The molecule has 4 saturated carbocycles. The Bertz CT molecular complexity index is 2020. The third kappa shape index (κ3) is 6.52. The van der Waals surface area contributed by atoms with Crippen molar-refractivity contribution in [2.75, 3.05) is 39.3 Å². The molecule has 9 atom stereocenters. The molecule has 6 aliphatic rings. The summed E-state index contributed by atoms with van der Waals surface area (Å²) in [6.07, 6.45) is 13.6. The highest BCUT2D eigenvalue weighted by atomic mass is 35.5. The van der Waals surface area contributed by atoms with Gasteiger partial charge >= 0.3 is 5.97 Å². The van der Waals surface area contributed by atoms with E-state index in [1.165, 1.54) is 68.1 Å². The number of aromatic carboxylic acids is 1. The van der Waals surface area contributed by atoms with Gasteiger partial charge in [0.25, 0.3) is 0 Å². The molecule has 8 rings (SSSR count). The van der Waals surface area contributed by atoms with Gasteiger partial charge in [0.1, 0.15) is 0 Å². The number of fused-ring (bicyclic) bond motifs is 7. The number of carbonyl (C=O) groups is 1. The van der Waals surface area contributed by atoms with Gasteiger partial charge in [-0.3, -0.25) is 4.90 Å². The Labute approximate surface area is 347 Å². The Balaban J connectivity index is 0.977. The lowest BCUT2D eigenvalue weighted by Gasteiger charge is -2.72. The summed E-state index contributed by atoms with van der Waals surface area (Å²) < 4.78 is 28.3. The van der Waals surface area contributed by atoms with Gasteiger partial charge in [-0.2, -0.15) is 4.31 Å². The third-order valence-corrected chi connectivity index (χ3v) is 19.9. The van der Waals surface area contributed by atoms with Crippen molar-refractivity contribution in [3.8, 4) is 0 Å². The molecule has 9 heteroatoms. The number of hydrogen-bond acceptors (Lipinski definition) is 5. The van der Waals surface area contributed by atoms with E-state index in [0.717, 1.165) is 32.6 Å². The van der Waals surface area contributed by atoms with Gasteiger partial charge < -0.3 is 10.4 Å². The predicted octanol–water partition coefficient (Wildman–Crippen LogP) is 10.0. The van der Waals surface area contributed by atoms with Crippen molar-refractivity contribution in [1.82, 2.24) is 14.5 Å². The molecular formula is C48H66ClN3O4S. The maximum atomic E-state index is 13.3. The molecule has 5 aliphatic carbocycles. The van der Waals surface area contributed by atoms with E-state index in [1.54, 1.807) is 40.7 Å². The minimum absolute atomic E-state index is 0.00341. The second-order valence-corrected chi connectivity index (χ2v) is 22.8. The van der Waals surface area contributed by atoms with E-state index in [-0.39, 0.29) is 27.2 Å². The summed E-state index contributed by atoms with van der Waals surface area (Å²) in [4.78, 5) is 14.4. The Hall–Kier alpha value is -2.49. The molecule has 2 aromatic carbocycles. The van der Waals surface area contributed by atoms with Crippen molar-refractivity contribution in [2.24, 2.45) is 51.2 Å². The Morgan fingerprint density at radius 1 is 0.860 bits per heavy atom. The molecule has 0 spiro atoms. The first-order valence-corrected chi connectivity index (χ1v) is 23.6. The maximum Gasteiger partial charge on any atom is 0.335 e. The smallest absolute Gasteiger partial charge is 0.335 e. The second kappa shape index (κ2) is 14.6. The molecule has 1 heterocycles. The Kier molecular flexibility index (Phi) is 10.6. The molecule has 1 aliphatic heterocycles. The molecule has 2 aromatic rings. The van der Waals surface area contributed by atoms with Crippen LogP contribution in [-0.2, 0) is 10.0 Å². The second-order valence-electron chi connectivity index (χ2n) is 20.4. The fraction of sp³-hybridized carbons (Fsp3) is 0.646. The summed E-state index contributed by atoms with van der Waals surface area (Å²) in [6, 6.07) is 14.1. The molecule has 5 fully saturated rings. The minimum atomic E-state index is -3.53.